The fourth-order valence-electron chi connectivity index (χ4n) is 0.906. The third-order valence-electron chi connectivity index (χ3n) is 1.49. The van der Waals surface area contributed by atoms with E-state index in [1.165, 1.54) is 18.2 Å². The zero-order valence-corrected chi connectivity index (χ0v) is 7.54. The van der Waals surface area contributed by atoms with Gasteiger partial charge < -0.3 is 4.55 Å². The molecule has 0 saturated heterocycles. The number of hydrogen-bond donors (Lipinski definition) is 0. The minimum absolute atomic E-state index is 0.273. The molecule has 0 amide bonds. The lowest BCUT2D eigenvalue weighted by Crippen LogP contribution is -1.97. The Labute approximate surface area is 76.8 Å². The van der Waals surface area contributed by atoms with Gasteiger partial charge in [0, 0.05) is 6.07 Å². The smallest absolute Gasteiger partial charge is 0.284 e. The van der Waals surface area contributed by atoms with Crippen molar-refractivity contribution in [2.24, 2.45) is 0 Å². The first-order chi connectivity index (χ1) is 6.02. The molecule has 0 radical (unpaired) electrons. The Bertz CT molecular complexity index is 377. The van der Waals surface area contributed by atoms with E-state index in [4.69, 9.17) is 0 Å². The Kier molecular flexibility index (Phi) is 2.74. The molecule has 70 valence electrons. The average Bonchev–Trinajstić information content (AvgIpc) is 2.03. The summed E-state index contributed by atoms with van der Waals surface area (Å²) in [6.45, 7) is 1.67. The van der Waals surface area contributed by atoms with Crippen molar-refractivity contribution in [3.8, 4) is 0 Å². The fraction of sp³-hybridized carbons (Fsp3) is 0.143. The van der Waals surface area contributed by atoms with E-state index in [9.17, 15) is 18.9 Å². The van der Waals surface area contributed by atoms with Crippen LogP contribution >= 0.6 is 0 Å². The van der Waals surface area contributed by atoms with Crippen LogP contribution in [0.25, 0.3) is 0 Å². The molecule has 0 aliphatic heterocycles. The number of rotatable bonds is 2. The molecule has 6 heteroatoms. The second-order valence-corrected chi connectivity index (χ2v) is 3.37. The third-order valence-corrected chi connectivity index (χ3v) is 2.18. The van der Waals surface area contributed by atoms with Crippen molar-refractivity contribution in [1.82, 2.24) is 0 Å². The summed E-state index contributed by atoms with van der Waals surface area (Å²) in [6.07, 6.45) is 0. The summed E-state index contributed by atoms with van der Waals surface area (Å²) >= 11 is -2.56. The van der Waals surface area contributed by atoms with Crippen molar-refractivity contribution < 1.29 is 13.7 Å². The monoisotopic (exact) mass is 200 g/mol. The van der Waals surface area contributed by atoms with Crippen molar-refractivity contribution >= 4 is 16.8 Å². The molecule has 0 heterocycles. The van der Waals surface area contributed by atoms with E-state index in [0.29, 0.717) is 5.56 Å². The highest BCUT2D eigenvalue weighted by molar-refractivity contribution is 7.79. The molecule has 1 aromatic carbocycles. The summed E-state index contributed by atoms with van der Waals surface area (Å²) in [7, 11) is 0. The lowest BCUT2D eigenvalue weighted by molar-refractivity contribution is -0.387. The molecule has 1 atom stereocenters. The van der Waals surface area contributed by atoms with Crippen LogP contribution in [0, 0.1) is 17.0 Å². The predicted octanol–water partition coefficient (Wildman–Crippen LogP) is 1.14. The topological polar surface area (TPSA) is 83.3 Å². The first-order valence-electron chi connectivity index (χ1n) is 3.36. The Morgan fingerprint density at radius 2 is 2.08 bits per heavy atom. The Hall–Kier alpha value is -1.27. The van der Waals surface area contributed by atoms with Crippen molar-refractivity contribution in [3.05, 3.63) is 33.9 Å². The van der Waals surface area contributed by atoms with Gasteiger partial charge in [-0.05, 0) is 29.6 Å². The van der Waals surface area contributed by atoms with Gasteiger partial charge in [-0.1, -0.05) is 6.07 Å². The van der Waals surface area contributed by atoms with Crippen LogP contribution in [0.2, 0.25) is 0 Å². The molecule has 0 aliphatic rings. The van der Waals surface area contributed by atoms with Crippen LogP contribution in [-0.2, 0) is 11.1 Å². The molecule has 0 bridgehead atoms. The Morgan fingerprint density at radius 3 is 2.54 bits per heavy atom. The van der Waals surface area contributed by atoms with Gasteiger partial charge in [-0.15, -0.1) is 0 Å². The van der Waals surface area contributed by atoms with Crippen molar-refractivity contribution in [1.29, 1.82) is 0 Å². The van der Waals surface area contributed by atoms with Gasteiger partial charge in [0.1, 0.15) is 4.90 Å². The molecule has 0 saturated carbocycles. The number of nitro groups is 1. The van der Waals surface area contributed by atoms with Crippen molar-refractivity contribution in [3.63, 3.8) is 0 Å². The van der Waals surface area contributed by atoms with Crippen LogP contribution in [-0.4, -0.2) is 13.7 Å². The number of nitro benzene ring substituents is 1. The zero-order chi connectivity index (χ0) is 10.0. The lowest BCUT2D eigenvalue weighted by Gasteiger charge is -2.06. The molecule has 0 aromatic heterocycles. The van der Waals surface area contributed by atoms with Crippen LogP contribution in [0.15, 0.2) is 23.1 Å². The summed E-state index contributed by atoms with van der Waals surface area (Å²) in [5, 5.41) is 10.4. The molecular weight excluding hydrogens is 194 g/mol. The molecule has 13 heavy (non-hydrogen) atoms. The molecule has 5 nitrogen and oxygen atoms in total. The average molecular weight is 200 g/mol. The highest BCUT2D eigenvalue weighted by Gasteiger charge is 2.13. The summed E-state index contributed by atoms with van der Waals surface area (Å²) < 4.78 is 21.1. The lowest BCUT2D eigenvalue weighted by atomic mass is 10.2. The van der Waals surface area contributed by atoms with E-state index in [1.54, 1.807) is 6.92 Å². The Balaban J connectivity index is 3.35. The first kappa shape index (κ1) is 9.82. The van der Waals surface area contributed by atoms with Gasteiger partial charge >= 0.3 is 0 Å². The van der Waals surface area contributed by atoms with E-state index in [1.807, 2.05) is 0 Å². The van der Waals surface area contributed by atoms with Gasteiger partial charge in [-0.2, -0.15) is 0 Å². The van der Waals surface area contributed by atoms with Gasteiger partial charge in [0.05, 0.1) is 4.92 Å². The first-order valence-corrected chi connectivity index (χ1v) is 4.44. The summed E-state index contributed by atoms with van der Waals surface area (Å²) in [5.41, 5.74) is 0.281. The minimum atomic E-state index is -2.56. The van der Waals surface area contributed by atoms with Gasteiger partial charge in [0.25, 0.3) is 5.69 Å². The third kappa shape index (κ3) is 2.10. The minimum Gasteiger partial charge on any atom is -0.768 e. The normalized spacial score (nSPS) is 12.5. The maximum absolute atomic E-state index is 10.6. The molecule has 1 rings (SSSR count). The van der Waals surface area contributed by atoms with Crippen LogP contribution < -0.4 is 0 Å². The maximum Gasteiger partial charge on any atom is 0.284 e. The molecule has 0 spiro atoms. The zero-order valence-electron chi connectivity index (χ0n) is 6.72. The maximum atomic E-state index is 10.6. The molecule has 1 aromatic rings. The summed E-state index contributed by atoms with van der Waals surface area (Å²) in [6, 6.07) is 3.94. The predicted molar refractivity (Wildman–Crippen MR) is 45.0 cm³/mol. The quantitative estimate of drug-likeness (QED) is 0.407. The fourth-order valence-corrected chi connectivity index (χ4v) is 1.50. The van der Waals surface area contributed by atoms with E-state index in [0.717, 1.165) is 0 Å². The number of benzene rings is 1. The SMILES string of the molecule is Cc1ccc([N+](=O)[O-])c(S(=O)[O-])c1. The van der Waals surface area contributed by atoms with Crippen LogP contribution in [0.1, 0.15) is 5.56 Å². The van der Waals surface area contributed by atoms with Crippen LogP contribution in [0.3, 0.4) is 0 Å². The van der Waals surface area contributed by atoms with Gasteiger partial charge in [0.15, 0.2) is 0 Å². The van der Waals surface area contributed by atoms with Crippen molar-refractivity contribution in [2.45, 2.75) is 11.8 Å². The number of nitrogens with zero attached hydrogens (tertiary/aromatic N) is 1. The van der Waals surface area contributed by atoms with E-state index in [2.05, 4.69) is 0 Å². The van der Waals surface area contributed by atoms with E-state index >= 15 is 0 Å². The van der Waals surface area contributed by atoms with Gasteiger partial charge in [-0.25, -0.2) is 0 Å². The van der Waals surface area contributed by atoms with Crippen LogP contribution in [0.4, 0.5) is 5.69 Å². The second-order valence-electron chi connectivity index (χ2n) is 2.46. The van der Waals surface area contributed by atoms with Crippen LogP contribution in [0.5, 0.6) is 0 Å². The van der Waals surface area contributed by atoms with E-state index < -0.39 is 16.0 Å². The molecular formula is C7H6NO4S-. The molecule has 0 N–H and O–H groups in total. The summed E-state index contributed by atoms with van der Waals surface area (Å²) in [5.74, 6) is 0. The Morgan fingerprint density at radius 1 is 1.46 bits per heavy atom. The largest absolute Gasteiger partial charge is 0.768 e. The van der Waals surface area contributed by atoms with Crippen molar-refractivity contribution in [2.75, 3.05) is 0 Å². The number of aryl methyl sites for hydroxylation is 1. The number of hydrogen-bond acceptors (Lipinski definition) is 4. The second kappa shape index (κ2) is 3.63. The standard InChI is InChI=1S/C7H7NO4S/c1-5-2-3-6(8(9)10)7(4-5)13(11)12/h2-4H,1H3,(H,11,12)/p-1. The van der Waals surface area contributed by atoms with E-state index in [-0.39, 0.29) is 10.6 Å². The highest BCUT2D eigenvalue weighted by Crippen LogP contribution is 2.21. The summed E-state index contributed by atoms with van der Waals surface area (Å²) in [4.78, 5) is 9.38. The molecule has 0 fully saturated rings. The molecule has 0 aliphatic carbocycles. The van der Waals surface area contributed by atoms with Gasteiger partial charge in [0.2, 0.25) is 0 Å². The molecule has 1 unspecified atom stereocenters. The highest BCUT2D eigenvalue weighted by atomic mass is 32.2. The van der Waals surface area contributed by atoms with Gasteiger partial charge in [-0.3, -0.25) is 14.3 Å².